The fourth-order valence-electron chi connectivity index (χ4n) is 1.94. The maximum atomic E-state index is 9.60. The van der Waals surface area contributed by atoms with Crippen molar-refractivity contribution in [2.45, 2.75) is 39.3 Å². The lowest BCUT2D eigenvalue weighted by Crippen LogP contribution is -2.28. The number of rotatable bonds is 7. The zero-order valence-electron chi connectivity index (χ0n) is 14.7. The Morgan fingerprint density at radius 3 is 2.46 bits per heavy atom. The maximum absolute atomic E-state index is 9.60. The zero-order chi connectivity index (χ0) is 17.0. The van der Waals surface area contributed by atoms with Crippen LogP contribution in [0, 0.1) is 0 Å². The molecule has 0 radical (unpaired) electrons. The van der Waals surface area contributed by atoms with Gasteiger partial charge in [0.2, 0.25) is 11.9 Å². The third kappa shape index (κ3) is 4.78. The van der Waals surface area contributed by atoms with Crippen LogP contribution in [0.15, 0.2) is 6.20 Å². The average Bonchev–Trinajstić information content (AvgIpc) is 2.51. The van der Waals surface area contributed by atoms with Crippen LogP contribution in [0.1, 0.15) is 27.2 Å². The van der Waals surface area contributed by atoms with Gasteiger partial charge in [0.15, 0.2) is 5.82 Å². The van der Waals surface area contributed by atoms with Crippen LogP contribution in [0.25, 0.3) is 11.0 Å². The molecule has 0 aliphatic carbocycles. The van der Waals surface area contributed by atoms with E-state index in [0.717, 1.165) is 18.8 Å². The van der Waals surface area contributed by atoms with Crippen LogP contribution in [-0.4, -0.2) is 57.8 Å². The molecule has 0 bridgehead atoms. The minimum Gasteiger partial charge on any atom is -0.391 e. The molecule has 0 fully saturated rings. The van der Waals surface area contributed by atoms with Gasteiger partial charge in [0.25, 0.3) is 0 Å². The Morgan fingerprint density at radius 1 is 1.17 bits per heavy atom. The Morgan fingerprint density at radius 2 is 1.88 bits per heavy atom. The van der Waals surface area contributed by atoms with E-state index in [4.69, 9.17) is 0 Å². The lowest BCUT2D eigenvalue weighted by Gasteiger charge is -2.18. The van der Waals surface area contributed by atoms with Crippen molar-refractivity contribution in [3.8, 4) is 0 Å². The van der Waals surface area contributed by atoms with Crippen LogP contribution < -0.4 is 15.5 Å². The van der Waals surface area contributed by atoms with Gasteiger partial charge < -0.3 is 20.6 Å². The lowest BCUT2D eigenvalue weighted by atomic mass is 10.2. The Bertz CT molecular complexity index is 666. The Hall–Kier alpha value is -1.93. The molecule has 0 amide bonds. The fourth-order valence-corrected chi connectivity index (χ4v) is 1.94. The van der Waals surface area contributed by atoms with Crippen LogP contribution in [-0.2, 0) is 0 Å². The molecule has 0 aliphatic heterocycles. The summed E-state index contributed by atoms with van der Waals surface area (Å²) in [7, 11) is 3.83. The number of halogens is 1. The highest BCUT2D eigenvalue weighted by Crippen LogP contribution is 2.23. The largest absolute Gasteiger partial charge is 0.391 e. The summed E-state index contributed by atoms with van der Waals surface area (Å²) < 4.78 is 0. The van der Waals surface area contributed by atoms with Crippen molar-refractivity contribution in [1.29, 1.82) is 0 Å². The molecule has 9 heteroatoms. The van der Waals surface area contributed by atoms with Gasteiger partial charge in [-0.15, -0.1) is 12.4 Å². The number of fused-ring (bicyclic) bond motifs is 1. The van der Waals surface area contributed by atoms with E-state index in [2.05, 4.69) is 37.5 Å². The predicted octanol–water partition coefficient (Wildman–Crippen LogP) is 1.91. The second-order valence-corrected chi connectivity index (χ2v) is 5.79. The number of nitrogens with one attached hydrogen (secondary N) is 2. The number of anilines is 3. The van der Waals surface area contributed by atoms with E-state index >= 15 is 0 Å². The van der Waals surface area contributed by atoms with Gasteiger partial charge in [-0.1, -0.05) is 6.92 Å². The molecule has 0 spiro atoms. The second kappa shape index (κ2) is 8.79. The number of aromatic nitrogens is 4. The third-order valence-corrected chi connectivity index (χ3v) is 3.46. The van der Waals surface area contributed by atoms with Crippen LogP contribution >= 0.6 is 12.4 Å². The van der Waals surface area contributed by atoms with Gasteiger partial charge in [0.1, 0.15) is 11.0 Å². The fraction of sp³-hybridized carbons (Fsp3) is 0.600. The van der Waals surface area contributed by atoms with Crippen molar-refractivity contribution < 1.29 is 5.11 Å². The smallest absolute Gasteiger partial charge is 0.225 e. The molecule has 0 aromatic carbocycles. The molecule has 2 heterocycles. The first-order valence-electron chi connectivity index (χ1n) is 7.83. The van der Waals surface area contributed by atoms with Gasteiger partial charge in [-0.3, -0.25) is 0 Å². The number of aliphatic hydroxyl groups excluding tert-OH is 1. The van der Waals surface area contributed by atoms with E-state index in [1.807, 2.05) is 25.9 Å². The summed E-state index contributed by atoms with van der Waals surface area (Å²) in [6.07, 6.45) is 2.17. The van der Waals surface area contributed by atoms with Crippen molar-refractivity contribution in [2.75, 3.05) is 36.2 Å². The molecule has 2 rings (SSSR count). The highest BCUT2D eigenvalue weighted by Gasteiger charge is 2.14. The SMILES string of the molecule is CCCNc1nc(N(C)C)c2nc(NC(C)C(C)O)ncc2n1.Cl. The summed E-state index contributed by atoms with van der Waals surface area (Å²) in [5, 5.41) is 15.9. The number of hydrogen-bond donors (Lipinski definition) is 3. The zero-order valence-corrected chi connectivity index (χ0v) is 15.6. The van der Waals surface area contributed by atoms with Gasteiger partial charge in [-0.25, -0.2) is 15.0 Å². The third-order valence-electron chi connectivity index (χ3n) is 3.46. The lowest BCUT2D eigenvalue weighted by molar-refractivity contribution is 0.177. The minimum absolute atomic E-state index is 0. The molecule has 2 aromatic heterocycles. The molecule has 0 aliphatic rings. The van der Waals surface area contributed by atoms with E-state index < -0.39 is 6.10 Å². The van der Waals surface area contributed by atoms with Crippen molar-refractivity contribution in [3.63, 3.8) is 0 Å². The summed E-state index contributed by atoms with van der Waals surface area (Å²) in [4.78, 5) is 19.7. The van der Waals surface area contributed by atoms with E-state index in [1.54, 1.807) is 13.1 Å². The van der Waals surface area contributed by atoms with Crippen LogP contribution in [0.3, 0.4) is 0 Å². The molecule has 24 heavy (non-hydrogen) atoms. The van der Waals surface area contributed by atoms with Crippen LogP contribution in [0.5, 0.6) is 0 Å². The van der Waals surface area contributed by atoms with Gasteiger partial charge >= 0.3 is 0 Å². The quantitative estimate of drug-likeness (QED) is 0.692. The molecule has 0 saturated carbocycles. The Kier molecular flexibility index (Phi) is 7.37. The molecule has 2 atom stereocenters. The van der Waals surface area contributed by atoms with Crippen LogP contribution in [0.4, 0.5) is 17.7 Å². The Labute approximate surface area is 148 Å². The van der Waals surface area contributed by atoms with E-state index in [-0.39, 0.29) is 18.4 Å². The number of hydrogen-bond acceptors (Lipinski definition) is 8. The van der Waals surface area contributed by atoms with Gasteiger partial charge in [-0.05, 0) is 20.3 Å². The number of aliphatic hydroxyl groups is 1. The molecule has 3 N–H and O–H groups in total. The first kappa shape index (κ1) is 20.1. The minimum atomic E-state index is -0.500. The van der Waals surface area contributed by atoms with Crippen LogP contribution in [0.2, 0.25) is 0 Å². The predicted molar refractivity (Wildman–Crippen MR) is 100 cm³/mol. The van der Waals surface area contributed by atoms with Crippen molar-refractivity contribution in [2.24, 2.45) is 0 Å². The first-order chi connectivity index (χ1) is 10.9. The average molecular weight is 356 g/mol. The molecule has 134 valence electrons. The normalized spacial score (nSPS) is 13.1. The second-order valence-electron chi connectivity index (χ2n) is 5.79. The summed E-state index contributed by atoms with van der Waals surface area (Å²) in [5.41, 5.74) is 1.35. The summed E-state index contributed by atoms with van der Waals surface area (Å²) in [6.45, 7) is 6.49. The maximum Gasteiger partial charge on any atom is 0.225 e. The standard InChI is InChI=1S/C15H25N7O.ClH/c1-6-7-16-14-19-11-8-17-15(18-9(2)10(3)23)20-12(11)13(21-14)22(4)5;/h8-10,23H,6-7H2,1-5H3,(H,16,19,21)(H,17,18,20);1H. The molecular weight excluding hydrogens is 330 g/mol. The molecule has 2 unspecified atom stereocenters. The van der Waals surface area contributed by atoms with E-state index in [1.165, 1.54) is 0 Å². The van der Waals surface area contributed by atoms with Crippen molar-refractivity contribution >= 4 is 41.2 Å². The summed E-state index contributed by atoms with van der Waals surface area (Å²) >= 11 is 0. The van der Waals surface area contributed by atoms with E-state index in [0.29, 0.717) is 22.9 Å². The topological polar surface area (TPSA) is 99.1 Å². The van der Waals surface area contributed by atoms with Crippen molar-refractivity contribution in [1.82, 2.24) is 19.9 Å². The number of nitrogens with zero attached hydrogens (tertiary/aromatic N) is 5. The molecule has 2 aromatic rings. The summed E-state index contributed by atoms with van der Waals surface area (Å²) in [5.74, 6) is 1.75. The van der Waals surface area contributed by atoms with Gasteiger partial charge in [-0.2, -0.15) is 4.98 Å². The van der Waals surface area contributed by atoms with Gasteiger partial charge in [0.05, 0.1) is 18.3 Å². The first-order valence-corrected chi connectivity index (χ1v) is 7.83. The van der Waals surface area contributed by atoms with Gasteiger partial charge in [0, 0.05) is 20.6 Å². The van der Waals surface area contributed by atoms with Crippen molar-refractivity contribution in [3.05, 3.63) is 6.20 Å². The summed E-state index contributed by atoms with van der Waals surface area (Å²) in [6, 6.07) is -0.151. The molecular formula is C15H26ClN7O. The highest BCUT2D eigenvalue weighted by molar-refractivity contribution is 5.86. The molecule has 0 saturated heterocycles. The highest BCUT2D eigenvalue weighted by atomic mass is 35.5. The Balaban J connectivity index is 0.00000288. The monoisotopic (exact) mass is 355 g/mol. The molecule has 8 nitrogen and oxygen atoms in total. The van der Waals surface area contributed by atoms with E-state index in [9.17, 15) is 5.11 Å².